The van der Waals surface area contributed by atoms with E-state index in [0.29, 0.717) is 23.6 Å². The Morgan fingerprint density at radius 3 is 2.80 bits per heavy atom. The highest BCUT2D eigenvalue weighted by atomic mass is 19.3. The molecule has 0 radical (unpaired) electrons. The predicted molar refractivity (Wildman–Crippen MR) is 131 cm³/mol. The number of nitrogens with one attached hydrogen (secondary N) is 1. The molecule has 0 spiro atoms. The van der Waals surface area contributed by atoms with Gasteiger partial charge in [0.05, 0.1) is 12.6 Å². The predicted octanol–water partition coefficient (Wildman–Crippen LogP) is 4.25. The van der Waals surface area contributed by atoms with Crippen LogP contribution in [0.25, 0.3) is 5.70 Å². The molecule has 2 unspecified atom stereocenters. The number of rotatable bonds is 7. The maximum atomic E-state index is 13.9. The van der Waals surface area contributed by atoms with Crippen LogP contribution in [0.5, 0.6) is 0 Å². The molecule has 0 bridgehead atoms. The fourth-order valence-corrected chi connectivity index (χ4v) is 5.60. The van der Waals surface area contributed by atoms with Crippen LogP contribution in [0.4, 0.5) is 20.4 Å². The minimum absolute atomic E-state index is 0.0488. The monoisotopic (exact) mass is 477 g/mol. The number of halogens is 2. The number of aromatic nitrogens is 4. The molecule has 6 rings (SSSR count). The Hall–Kier alpha value is -3.49. The first-order valence-electron chi connectivity index (χ1n) is 12.1. The number of fused-ring (bicyclic) bond motifs is 2. The van der Waals surface area contributed by atoms with Crippen LogP contribution >= 0.6 is 0 Å². The minimum atomic E-state index is -2.70. The van der Waals surface area contributed by atoms with Crippen LogP contribution in [0.1, 0.15) is 59.0 Å². The van der Waals surface area contributed by atoms with Crippen molar-refractivity contribution in [2.75, 3.05) is 23.7 Å². The number of nitrogen functional groups attached to an aromatic ring is 1. The number of anilines is 2. The summed E-state index contributed by atoms with van der Waals surface area (Å²) in [4.78, 5) is 11.3. The third-order valence-corrected chi connectivity index (χ3v) is 7.67. The molecule has 182 valence electrons. The molecule has 0 aromatic carbocycles. The lowest BCUT2D eigenvalue weighted by Crippen LogP contribution is -2.23. The largest absolute Gasteiger partial charge is 0.383 e. The van der Waals surface area contributed by atoms with Crippen molar-refractivity contribution >= 4 is 17.3 Å². The lowest BCUT2D eigenvalue weighted by Gasteiger charge is -2.20. The minimum Gasteiger partial charge on any atom is -0.383 e. The van der Waals surface area contributed by atoms with Gasteiger partial charge < -0.3 is 16.0 Å². The lowest BCUT2D eigenvalue weighted by atomic mass is 10.1. The van der Waals surface area contributed by atoms with Crippen molar-refractivity contribution in [2.45, 2.75) is 45.2 Å². The third kappa shape index (κ3) is 4.02. The summed E-state index contributed by atoms with van der Waals surface area (Å²) in [6.45, 7) is 8.57. The van der Waals surface area contributed by atoms with E-state index in [1.807, 2.05) is 25.1 Å². The zero-order valence-electron chi connectivity index (χ0n) is 19.7. The van der Waals surface area contributed by atoms with Gasteiger partial charge in [0.1, 0.15) is 17.3 Å². The fraction of sp³-hybridized carbons (Fsp3) is 0.423. The van der Waals surface area contributed by atoms with Gasteiger partial charge in [0.25, 0.3) is 6.43 Å². The Balaban J connectivity index is 1.20. The van der Waals surface area contributed by atoms with E-state index in [2.05, 4.69) is 26.9 Å². The summed E-state index contributed by atoms with van der Waals surface area (Å²) in [7, 11) is 0. The Kier molecular flexibility index (Phi) is 5.23. The molecule has 1 aliphatic heterocycles. The van der Waals surface area contributed by atoms with E-state index in [4.69, 9.17) is 10.7 Å². The Labute approximate surface area is 203 Å². The summed E-state index contributed by atoms with van der Waals surface area (Å²) in [5.41, 5.74) is 10.4. The van der Waals surface area contributed by atoms with Crippen molar-refractivity contribution in [3.05, 3.63) is 70.8 Å². The average molecular weight is 478 g/mol. The van der Waals surface area contributed by atoms with Crippen LogP contribution in [0, 0.1) is 18.8 Å². The Morgan fingerprint density at radius 1 is 1.26 bits per heavy atom. The molecule has 1 saturated carbocycles. The van der Waals surface area contributed by atoms with Crippen molar-refractivity contribution < 1.29 is 8.78 Å². The number of alkyl halides is 2. The molecule has 9 heteroatoms. The van der Waals surface area contributed by atoms with Gasteiger partial charge in [0.2, 0.25) is 0 Å². The standard InChI is InChI=1S/C26H29F2N7/c1-14-16(3-6-23(32-14)34-10-17-9-18(17)11-34)12-35-13-21(24(33-35)25(27)28)15(2)31-22-5-4-20-19(22)7-8-30-26(20)29/h3,6-8,13,17-18,22,25,31H,2,4-5,9-12H2,1H3,(H2,29,30)/t17?,18?,22-/m1/s1. The van der Waals surface area contributed by atoms with E-state index >= 15 is 0 Å². The molecule has 4 heterocycles. The van der Waals surface area contributed by atoms with E-state index in [0.717, 1.165) is 66.0 Å². The molecule has 2 fully saturated rings. The second-order valence-electron chi connectivity index (χ2n) is 9.98. The third-order valence-electron chi connectivity index (χ3n) is 7.67. The SMILES string of the molecule is C=C(N[C@@H]1CCc2c1ccnc2N)c1cn(Cc2ccc(N3CC4CC4C3)nc2C)nc1C(F)F. The van der Waals surface area contributed by atoms with Crippen LogP contribution in [0.15, 0.2) is 37.2 Å². The normalized spacial score (nSPS) is 22.4. The van der Waals surface area contributed by atoms with Gasteiger partial charge in [-0.05, 0) is 66.8 Å². The van der Waals surface area contributed by atoms with Crippen LogP contribution in [-0.2, 0) is 13.0 Å². The average Bonchev–Trinajstić information content (AvgIpc) is 3.19. The highest BCUT2D eigenvalue weighted by molar-refractivity contribution is 5.64. The second kappa shape index (κ2) is 8.32. The van der Waals surface area contributed by atoms with E-state index in [-0.39, 0.29) is 11.7 Å². The first kappa shape index (κ1) is 22.0. The number of pyridine rings is 2. The second-order valence-corrected chi connectivity index (χ2v) is 9.98. The molecule has 3 N–H and O–H groups in total. The molecule has 3 atom stereocenters. The number of hydrogen-bond donors (Lipinski definition) is 2. The highest BCUT2D eigenvalue weighted by Gasteiger charge is 2.45. The summed E-state index contributed by atoms with van der Waals surface area (Å²) in [5.74, 6) is 3.19. The fourth-order valence-electron chi connectivity index (χ4n) is 5.60. The zero-order chi connectivity index (χ0) is 24.3. The molecule has 3 aromatic heterocycles. The van der Waals surface area contributed by atoms with Gasteiger partial charge >= 0.3 is 0 Å². The lowest BCUT2D eigenvalue weighted by molar-refractivity contribution is 0.144. The summed E-state index contributed by atoms with van der Waals surface area (Å²) in [6.07, 6.45) is 3.56. The molecule has 35 heavy (non-hydrogen) atoms. The molecule has 3 aromatic rings. The van der Waals surface area contributed by atoms with Crippen LogP contribution < -0.4 is 16.0 Å². The molecular formula is C26H29F2N7. The van der Waals surface area contributed by atoms with Crippen LogP contribution in [-0.4, -0.2) is 32.8 Å². The van der Waals surface area contributed by atoms with Gasteiger partial charge in [-0.15, -0.1) is 0 Å². The maximum Gasteiger partial charge on any atom is 0.282 e. The number of hydrogen-bond acceptors (Lipinski definition) is 6. The van der Waals surface area contributed by atoms with Gasteiger partial charge in [0, 0.05) is 42.4 Å². The van der Waals surface area contributed by atoms with Gasteiger partial charge in [-0.25, -0.2) is 18.7 Å². The van der Waals surface area contributed by atoms with Crippen molar-refractivity contribution in [3.63, 3.8) is 0 Å². The van der Waals surface area contributed by atoms with E-state index in [1.54, 1.807) is 17.1 Å². The van der Waals surface area contributed by atoms with Gasteiger partial charge in [-0.2, -0.15) is 5.10 Å². The topological polar surface area (TPSA) is 84.9 Å². The number of aryl methyl sites for hydroxylation is 1. The summed E-state index contributed by atoms with van der Waals surface area (Å²) in [5, 5.41) is 7.54. The molecule has 7 nitrogen and oxygen atoms in total. The summed E-state index contributed by atoms with van der Waals surface area (Å²) < 4.78 is 29.4. The smallest absolute Gasteiger partial charge is 0.282 e. The molecule has 3 aliphatic rings. The molecule has 0 amide bonds. The summed E-state index contributed by atoms with van der Waals surface area (Å²) in [6, 6.07) is 5.94. The first-order chi connectivity index (χ1) is 16.9. The molecular weight excluding hydrogens is 448 g/mol. The van der Waals surface area contributed by atoms with Crippen molar-refractivity contribution in [2.24, 2.45) is 11.8 Å². The molecule has 1 saturated heterocycles. The van der Waals surface area contributed by atoms with Crippen LogP contribution in [0.3, 0.4) is 0 Å². The number of piperidine rings is 1. The van der Waals surface area contributed by atoms with E-state index < -0.39 is 6.43 Å². The van der Waals surface area contributed by atoms with Gasteiger partial charge in [-0.1, -0.05) is 12.6 Å². The van der Waals surface area contributed by atoms with E-state index in [1.165, 1.54) is 6.42 Å². The number of nitrogens with two attached hydrogens (primary N) is 1. The zero-order valence-corrected chi connectivity index (χ0v) is 19.7. The number of nitrogens with zero attached hydrogens (tertiary/aromatic N) is 5. The summed E-state index contributed by atoms with van der Waals surface area (Å²) >= 11 is 0. The highest BCUT2D eigenvalue weighted by Crippen LogP contribution is 2.46. The van der Waals surface area contributed by atoms with Crippen molar-refractivity contribution in [1.82, 2.24) is 25.1 Å². The Bertz CT molecular complexity index is 1290. The first-order valence-corrected chi connectivity index (χ1v) is 12.1. The maximum absolute atomic E-state index is 13.9. The van der Waals surface area contributed by atoms with Crippen molar-refractivity contribution in [1.29, 1.82) is 0 Å². The van der Waals surface area contributed by atoms with Crippen molar-refractivity contribution in [3.8, 4) is 0 Å². The Morgan fingerprint density at radius 2 is 2.06 bits per heavy atom. The van der Waals surface area contributed by atoms with Crippen LogP contribution in [0.2, 0.25) is 0 Å². The molecule has 2 aliphatic carbocycles. The van der Waals surface area contributed by atoms with Gasteiger partial charge in [0.15, 0.2) is 0 Å². The van der Waals surface area contributed by atoms with Gasteiger partial charge in [-0.3, -0.25) is 4.68 Å². The van der Waals surface area contributed by atoms with E-state index in [9.17, 15) is 8.78 Å². The quantitative estimate of drug-likeness (QED) is 0.529.